The van der Waals surface area contributed by atoms with Gasteiger partial charge in [0.1, 0.15) is 11.3 Å². The van der Waals surface area contributed by atoms with Crippen molar-refractivity contribution in [1.82, 2.24) is 0 Å². The number of hydrogen-bond donors (Lipinski definition) is 2. The van der Waals surface area contributed by atoms with E-state index in [0.29, 0.717) is 17.9 Å². The Morgan fingerprint density at radius 1 is 1.17 bits per heavy atom. The lowest BCUT2D eigenvalue weighted by molar-refractivity contribution is -0.136. The maximum Gasteiger partial charge on any atom is 0.303 e. The SMILES string of the molecule is COc1cc(-c2cc3cc(CCC(=O)O)ccc3o2)ccc1O. The Labute approximate surface area is 132 Å². The third-order valence-electron chi connectivity index (χ3n) is 3.67. The molecule has 0 saturated heterocycles. The number of phenolic OH excluding ortho intramolecular Hbond substituents is 1. The fourth-order valence-electron chi connectivity index (χ4n) is 2.47. The number of carbonyl (C=O) groups is 1. The zero-order valence-electron chi connectivity index (χ0n) is 12.6. The molecule has 1 heterocycles. The van der Waals surface area contributed by atoms with Crippen molar-refractivity contribution < 1.29 is 24.2 Å². The maximum absolute atomic E-state index is 10.7. The first-order chi connectivity index (χ1) is 11.1. The Morgan fingerprint density at radius 2 is 2.00 bits per heavy atom. The van der Waals surface area contributed by atoms with Gasteiger partial charge in [0.15, 0.2) is 11.5 Å². The minimum absolute atomic E-state index is 0.0725. The summed E-state index contributed by atoms with van der Waals surface area (Å²) in [6.45, 7) is 0. The van der Waals surface area contributed by atoms with Crippen LogP contribution in [-0.4, -0.2) is 23.3 Å². The molecule has 0 atom stereocenters. The minimum atomic E-state index is -0.811. The topological polar surface area (TPSA) is 79.9 Å². The first-order valence-electron chi connectivity index (χ1n) is 7.18. The smallest absolute Gasteiger partial charge is 0.303 e. The molecule has 1 aromatic heterocycles. The van der Waals surface area contributed by atoms with E-state index < -0.39 is 5.97 Å². The van der Waals surface area contributed by atoms with Gasteiger partial charge in [-0.15, -0.1) is 0 Å². The van der Waals surface area contributed by atoms with Gasteiger partial charge in [0.2, 0.25) is 0 Å². The molecule has 0 aliphatic rings. The number of methoxy groups -OCH3 is 1. The highest BCUT2D eigenvalue weighted by atomic mass is 16.5. The van der Waals surface area contributed by atoms with E-state index in [0.717, 1.165) is 22.1 Å². The van der Waals surface area contributed by atoms with Crippen LogP contribution in [0.4, 0.5) is 0 Å². The maximum atomic E-state index is 10.7. The van der Waals surface area contributed by atoms with E-state index in [9.17, 15) is 9.90 Å². The predicted molar refractivity (Wildman–Crippen MR) is 85.8 cm³/mol. The number of aryl methyl sites for hydroxylation is 1. The molecule has 5 nitrogen and oxygen atoms in total. The Hall–Kier alpha value is -2.95. The highest BCUT2D eigenvalue weighted by Gasteiger charge is 2.10. The largest absolute Gasteiger partial charge is 0.504 e. The van der Waals surface area contributed by atoms with Gasteiger partial charge in [0.25, 0.3) is 0 Å². The summed E-state index contributed by atoms with van der Waals surface area (Å²) >= 11 is 0. The molecule has 2 N–H and O–H groups in total. The molecule has 0 unspecified atom stereocenters. The fourth-order valence-corrected chi connectivity index (χ4v) is 2.47. The summed E-state index contributed by atoms with van der Waals surface area (Å²) in [4.78, 5) is 10.7. The van der Waals surface area contributed by atoms with Crippen molar-refractivity contribution in [3.63, 3.8) is 0 Å². The monoisotopic (exact) mass is 312 g/mol. The second kappa shape index (κ2) is 6.04. The Bertz CT molecular complexity index is 863. The molecule has 0 bridgehead atoms. The fraction of sp³-hybridized carbons (Fsp3) is 0.167. The van der Waals surface area contributed by atoms with Crippen molar-refractivity contribution in [2.75, 3.05) is 7.11 Å². The highest BCUT2D eigenvalue weighted by molar-refractivity contribution is 5.84. The molecule has 0 radical (unpaired) electrons. The van der Waals surface area contributed by atoms with Gasteiger partial charge < -0.3 is 19.4 Å². The first-order valence-corrected chi connectivity index (χ1v) is 7.18. The van der Waals surface area contributed by atoms with Crippen molar-refractivity contribution >= 4 is 16.9 Å². The average molecular weight is 312 g/mol. The van der Waals surface area contributed by atoms with Gasteiger partial charge in [0, 0.05) is 17.4 Å². The number of hydrogen-bond acceptors (Lipinski definition) is 4. The number of aromatic hydroxyl groups is 1. The lowest BCUT2D eigenvalue weighted by atomic mass is 10.1. The summed E-state index contributed by atoms with van der Waals surface area (Å²) in [7, 11) is 1.49. The van der Waals surface area contributed by atoms with Crippen LogP contribution < -0.4 is 4.74 Å². The summed E-state index contributed by atoms with van der Waals surface area (Å²) in [6, 6.07) is 12.6. The number of carboxylic acid groups (broad SMARTS) is 1. The number of rotatable bonds is 5. The standard InChI is InChI=1S/C18H16O5/c1-22-17-9-12(4-5-14(17)19)16-10-13-8-11(3-7-18(20)21)2-6-15(13)23-16/h2,4-6,8-10,19H,3,7H2,1H3,(H,20,21). The highest BCUT2D eigenvalue weighted by Crippen LogP contribution is 2.34. The van der Waals surface area contributed by atoms with Crippen LogP contribution in [0.1, 0.15) is 12.0 Å². The number of benzene rings is 2. The van der Waals surface area contributed by atoms with Crippen LogP contribution in [0.2, 0.25) is 0 Å². The van der Waals surface area contributed by atoms with Crippen molar-refractivity contribution in [3.8, 4) is 22.8 Å². The number of carboxylic acids is 1. The van der Waals surface area contributed by atoms with E-state index in [1.165, 1.54) is 7.11 Å². The molecule has 0 aliphatic heterocycles. The second-order valence-corrected chi connectivity index (χ2v) is 5.26. The Balaban J connectivity index is 1.95. The number of aliphatic carboxylic acids is 1. The molecule has 0 spiro atoms. The zero-order chi connectivity index (χ0) is 16.4. The van der Waals surface area contributed by atoms with Gasteiger partial charge >= 0.3 is 5.97 Å². The van der Waals surface area contributed by atoms with E-state index in [1.54, 1.807) is 18.2 Å². The first kappa shape index (κ1) is 15.0. The molecule has 0 aliphatic carbocycles. The van der Waals surface area contributed by atoms with Crippen molar-refractivity contribution in [1.29, 1.82) is 0 Å². The third-order valence-corrected chi connectivity index (χ3v) is 3.67. The molecule has 3 aromatic rings. The third kappa shape index (κ3) is 3.13. The second-order valence-electron chi connectivity index (χ2n) is 5.26. The van der Waals surface area contributed by atoms with E-state index in [4.69, 9.17) is 14.3 Å². The van der Waals surface area contributed by atoms with E-state index in [-0.39, 0.29) is 12.2 Å². The molecule has 0 amide bonds. The molecule has 2 aromatic carbocycles. The molecular formula is C18H16O5. The number of phenols is 1. The van der Waals surface area contributed by atoms with Gasteiger partial charge in [-0.3, -0.25) is 4.79 Å². The average Bonchev–Trinajstić information content (AvgIpc) is 2.96. The number of furan rings is 1. The van der Waals surface area contributed by atoms with Crippen LogP contribution in [0.5, 0.6) is 11.5 Å². The van der Waals surface area contributed by atoms with E-state index in [1.807, 2.05) is 24.3 Å². The van der Waals surface area contributed by atoms with Crippen molar-refractivity contribution in [3.05, 3.63) is 48.0 Å². The summed E-state index contributed by atoms with van der Waals surface area (Å²) in [5.74, 6) is 0.302. The van der Waals surface area contributed by atoms with Gasteiger partial charge in [-0.1, -0.05) is 6.07 Å². The van der Waals surface area contributed by atoms with Gasteiger partial charge in [0.05, 0.1) is 7.11 Å². The van der Waals surface area contributed by atoms with Crippen molar-refractivity contribution in [2.45, 2.75) is 12.8 Å². The molecule has 23 heavy (non-hydrogen) atoms. The molecular weight excluding hydrogens is 296 g/mol. The molecule has 5 heteroatoms. The number of fused-ring (bicyclic) bond motifs is 1. The molecule has 3 rings (SSSR count). The lowest BCUT2D eigenvalue weighted by Crippen LogP contribution is -1.96. The lowest BCUT2D eigenvalue weighted by Gasteiger charge is -2.04. The van der Waals surface area contributed by atoms with Gasteiger partial charge in [-0.25, -0.2) is 0 Å². The minimum Gasteiger partial charge on any atom is -0.504 e. The summed E-state index contributed by atoms with van der Waals surface area (Å²) in [5, 5.41) is 19.3. The summed E-state index contributed by atoms with van der Waals surface area (Å²) in [5.41, 5.74) is 2.48. The number of ether oxygens (including phenoxy) is 1. The van der Waals surface area contributed by atoms with Crippen molar-refractivity contribution in [2.24, 2.45) is 0 Å². The van der Waals surface area contributed by atoms with Crippen LogP contribution in [0.25, 0.3) is 22.3 Å². The summed E-state index contributed by atoms with van der Waals surface area (Å²) in [6.07, 6.45) is 0.587. The van der Waals surface area contributed by atoms with Crippen LogP contribution in [-0.2, 0) is 11.2 Å². The predicted octanol–water partition coefficient (Wildman–Crippen LogP) is 3.83. The van der Waals surface area contributed by atoms with Gasteiger partial charge in [-0.05, 0) is 48.4 Å². The molecule has 0 fully saturated rings. The van der Waals surface area contributed by atoms with Gasteiger partial charge in [-0.2, -0.15) is 0 Å². The van der Waals surface area contributed by atoms with Crippen LogP contribution in [0, 0.1) is 0 Å². The zero-order valence-corrected chi connectivity index (χ0v) is 12.6. The van der Waals surface area contributed by atoms with Crippen LogP contribution in [0.15, 0.2) is 46.9 Å². The molecule has 118 valence electrons. The Kier molecular flexibility index (Phi) is 3.93. The normalized spacial score (nSPS) is 10.8. The quantitative estimate of drug-likeness (QED) is 0.748. The van der Waals surface area contributed by atoms with Crippen LogP contribution in [0.3, 0.4) is 0 Å². The molecule has 0 saturated carbocycles. The van der Waals surface area contributed by atoms with Crippen LogP contribution >= 0.6 is 0 Å². The summed E-state index contributed by atoms with van der Waals surface area (Å²) < 4.78 is 10.9. The van der Waals surface area contributed by atoms with E-state index >= 15 is 0 Å². The van der Waals surface area contributed by atoms with E-state index in [2.05, 4.69) is 0 Å². The Morgan fingerprint density at radius 3 is 2.74 bits per heavy atom.